The predicted octanol–water partition coefficient (Wildman–Crippen LogP) is 4.08. The smallest absolute Gasteiger partial charge is 0.0371 e. The maximum absolute atomic E-state index is 6.36. The Morgan fingerprint density at radius 3 is 2.33 bits per heavy atom. The van der Waals surface area contributed by atoms with Crippen LogP contribution in [-0.4, -0.2) is 5.38 Å². The maximum Gasteiger partial charge on any atom is 0.0371 e. The summed E-state index contributed by atoms with van der Waals surface area (Å²) in [6, 6.07) is 0. The average Bonchev–Trinajstić information content (AvgIpc) is 1.83. The first kappa shape index (κ1) is 10.4. The number of hydrogen-bond acceptors (Lipinski definition) is 0. The second kappa shape index (κ2) is 3.57. The van der Waals surface area contributed by atoms with E-state index in [1.165, 1.54) is 19.3 Å². The Morgan fingerprint density at radius 2 is 1.92 bits per heavy atom. The third-order valence-corrected chi connectivity index (χ3v) is 3.70. The van der Waals surface area contributed by atoms with Gasteiger partial charge in [-0.15, -0.1) is 11.6 Å². The van der Waals surface area contributed by atoms with Gasteiger partial charge in [0.25, 0.3) is 0 Å². The van der Waals surface area contributed by atoms with Crippen LogP contribution < -0.4 is 0 Å². The van der Waals surface area contributed by atoms with Gasteiger partial charge in [-0.2, -0.15) is 0 Å². The van der Waals surface area contributed by atoms with Crippen molar-refractivity contribution in [1.29, 1.82) is 0 Å². The molecule has 0 aromatic rings. The fourth-order valence-electron chi connectivity index (χ4n) is 2.27. The monoisotopic (exact) mass is 188 g/mol. The molecule has 0 aromatic heterocycles. The van der Waals surface area contributed by atoms with E-state index in [0.29, 0.717) is 10.8 Å². The molecule has 1 aliphatic carbocycles. The first-order valence-electron chi connectivity index (χ1n) is 5.06. The average molecular weight is 189 g/mol. The number of alkyl halides is 1. The van der Waals surface area contributed by atoms with Crippen molar-refractivity contribution in [2.75, 3.05) is 0 Å². The van der Waals surface area contributed by atoms with Gasteiger partial charge in [0.15, 0.2) is 0 Å². The molecule has 0 spiro atoms. The first-order chi connectivity index (χ1) is 5.42. The topological polar surface area (TPSA) is 0 Å². The van der Waals surface area contributed by atoms with E-state index in [9.17, 15) is 0 Å². The molecule has 72 valence electrons. The zero-order valence-electron chi connectivity index (χ0n) is 8.73. The summed E-state index contributed by atoms with van der Waals surface area (Å²) in [6.07, 6.45) is 3.86. The summed E-state index contributed by atoms with van der Waals surface area (Å²) in [5, 5.41) is 0.411. The lowest BCUT2D eigenvalue weighted by Gasteiger charge is -2.39. The highest BCUT2D eigenvalue weighted by Gasteiger charge is 2.34. The molecule has 1 heteroatoms. The van der Waals surface area contributed by atoms with E-state index < -0.39 is 0 Å². The molecular formula is C11H21Cl. The number of halogens is 1. The second-order valence-electron chi connectivity index (χ2n) is 5.33. The van der Waals surface area contributed by atoms with Gasteiger partial charge in [0.2, 0.25) is 0 Å². The van der Waals surface area contributed by atoms with E-state index in [1.807, 2.05) is 0 Å². The zero-order valence-corrected chi connectivity index (χ0v) is 9.49. The number of rotatable bonds is 1. The Morgan fingerprint density at radius 1 is 1.33 bits per heavy atom. The van der Waals surface area contributed by atoms with Crippen LogP contribution >= 0.6 is 11.6 Å². The van der Waals surface area contributed by atoms with Crippen LogP contribution in [0.15, 0.2) is 0 Å². The van der Waals surface area contributed by atoms with Gasteiger partial charge < -0.3 is 0 Å². The highest BCUT2D eigenvalue weighted by Crippen LogP contribution is 2.43. The van der Waals surface area contributed by atoms with Gasteiger partial charge in [-0.1, -0.05) is 27.7 Å². The Balaban J connectivity index is 2.54. The van der Waals surface area contributed by atoms with Crippen molar-refractivity contribution in [2.45, 2.75) is 52.3 Å². The van der Waals surface area contributed by atoms with Crippen molar-refractivity contribution in [2.24, 2.45) is 17.3 Å². The summed E-state index contributed by atoms with van der Waals surface area (Å²) < 4.78 is 0. The molecule has 0 radical (unpaired) electrons. The minimum absolute atomic E-state index is 0.411. The largest absolute Gasteiger partial charge is 0.123 e. The van der Waals surface area contributed by atoms with Crippen LogP contribution in [0.1, 0.15) is 47.0 Å². The van der Waals surface area contributed by atoms with Crippen molar-refractivity contribution in [3.63, 3.8) is 0 Å². The standard InChI is InChI=1S/C11H21Cl/c1-8(2)9-5-6-11(3,4)7-10(9)12/h8-10H,5-7H2,1-4H3/t9-,10+/m0/s1. The summed E-state index contributed by atoms with van der Waals surface area (Å²) >= 11 is 6.36. The molecule has 12 heavy (non-hydrogen) atoms. The fourth-order valence-corrected chi connectivity index (χ4v) is 3.11. The molecular weight excluding hydrogens is 168 g/mol. The lowest BCUT2D eigenvalue weighted by Crippen LogP contribution is -2.33. The minimum atomic E-state index is 0.411. The van der Waals surface area contributed by atoms with E-state index in [1.54, 1.807) is 0 Å². The maximum atomic E-state index is 6.36. The summed E-state index contributed by atoms with van der Waals surface area (Å²) in [5.41, 5.74) is 0.484. The normalized spacial score (nSPS) is 35.5. The minimum Gasteiger partial charge on any atom is -0.123 e. The molecule has 1 saturated carbocycles. The van der Waals surface area contributed by atoms with Gasteiger partial charge in [0, 0.05) is 5.38 Å². The molecule has 0 bridgehead atoms. The van der Waals surface area contributed by atoms with Crippen molar-refractivity contribution in [3.8, 4) is 0 Å². The van der Waals surface area contributed by atoms with Gasteiger partial charge in [-0.25, -0.2) is 0 Å². The third kappa shape index (κ3) is 2.39. The molecule has 0 saturated heterocycles. The highest BCUT2D eigenvalue weighted by molar-refractivity contribution is 6.20. The third-order valence-electron chi connectivity index (χ3n) is 3.22. The molecule has 1 rings (SSSR count). The molecule has 0 heterocycles. The van der Waals surface area contributed by atoms with Crippen LogP contribution in [-0.2, 0) is 0 Å². The zero-order chi connectivity index (χ0) is 9.35. The molecule has 1 fully saturated rings. The SMILES string of the molecule is CC(C)[C@@H]1CCC(C)(C)C[C@H]1Cl. The summed E-state index contributed by atoms with van der Waals surface area (Å²) in [4.78, 5) is 0. The lowest BCUT2D eigenvalue weighted by molar-refractivity contribution is 0.166. The summed E-state index contributed by atoms with van der Waals surface area (Å²) in [6.45, 7) is 9.24. The second-order valence-corrected chi connectivity index (χ2v) is 5.89. The molecule has 0 aromatic carbocycles. The Kier molecular flexibility index (Phi) is 3.09. The molecule has 0 N–H and O–H groups in total. The molecule has 0 aliphatic heterocycles. The van der Waals surface area contributed by atoms with Crippen LogP contribution in [0.5, 0.6) is 0 Å². The van der Waals surface area contributed by atoms with Crippen LogP contribution in [0, 0.1) is 17.3 Å². The molecule has 2 atom stereocenters. The molecule has 1 aliphatic rings. The Labute approximate surface area is 81.7 Å². The van der Waals surface area contributed by atoms with Gasteiger partial charge >= 0.3 is 0 Å². The van der Waals surface area contributed by atoms with Crippen LogP contribution in [0.2, 0.25) is 0 Å². The van der Waals surface area contributed by atoms with Gasteiger partial charge in [-0.3, -0.25) is 0 Å². The van der Waals surface area contributed by atoms with Crippen LogP contribution in [0.25, 0.3) is 0 Å². The van der Waals surface area contributed by atoms with Gasteiger partial charge in [-0.05, 0) is 36.5 Å². The van der Waals surface area contributed by atoms with Crippen LogP contribution in [0.3, 0.4) is 0 Å². The quantitative estimate of drug-likeness (QED) is 0.545. The van der Waals surface area contributed by atoms with Crippen molar-refractivity contribution in [1.82, 2.24) is 0 Å². The van der Waals surface area contributed by atoms with E-state index in [2.05, 4.69) is 27.7 Å². The lowest BCUT2D eigenvalue weighted by atomic mass is 9.70. The fraction of sp³-hybridized carbons (Fsp3) is 1.00. The van der Waals surface area contributed by atoms with Gasteiger partial charge in [0.1, 0.15) is 0 Å². The van der Waals surface area contributed by atoms with Crippen LogP contribution in [0.4, 0.5) is 0 Å². The van der Waals surface area contributed by atoms with Crippen molar-refractivity contribution >= 4 is 11.6 Å². The summed E-state index contributed by atoms with van der Waals surface area (Å²) in [7, 11) is 0. The number of hydrogen-bond donors (Lipinski definition) is 0. The first-order valence-corrected chi connectivity index (χ1v) is 5.50. The molecule has 0 amide bonds. The van der Waals surface area contributed by atoms with E-state index in [0.717, 1.165) is 11.8 Å². The van der Waals surface area contributed by atoms with Gasteiger partial charge in [0.05, 0.1) is 0 Å². The predicted molar refractivity (Wildman–Crippen MR) is 55.6 cm³/mol. The Bertz CT molecular complexity index is 149. The van der Waals surface area contributed by atoms with E-state index in [-0.39, 0.29) is 0 Å². The van der Waals surface area contributed by atoms with Crippen molar-refractivity contribution < 1.29 is 0 Å². The summed E-state index contributed by atoms with van der Waals surface area (Å²) in [5.74, 6) is 1.50. The van der Waals surface area contributed by atoms with E-state index >= 15 is 0 Å². The highest BCUT2D eigenvalue weighted by atomic mass is 35.5. The molecule has 0 nitrogen and oxygen atoms in total. The van der Waals surface area contributed by atoms with E-state index in [4.69, 9.17) is 11.6 Å². The molecule has 0 unspecified atom stereocenters. The van der Waals surface area contributed by atoms with Crippen molar-refractivity contribution in [3.05, 3.63) is 0 Å². The Hall–Kier alpha value is 0.290.